The largest absolute Gasteiger partial charge is 0.368 e. The van der Waals surface area contributed by atoms with Crippen molar-refractivity contribution < 1.29 is 9.53 Å². The van der Waals surface area contributed by atoms with Crippen molar-refractivity contribution in [2.75, 3.05) is 26.2 Å². The van der Waals surface area contributed by atoms with Crippen molar-refractivity contribution in [1.29, 1.82) is 0 Å². The zero-order valence-electron chi connectivity index (χ0n) is 12.3. The number of aromatic nitrogens is 1. The number of rotatable bonds is 5. The highest BCUT2D eigenvalue weighted by atomic mass is 32.1. The molecular formula is C15H23N3O2S. The molecule has 116 valence electrons. The van der Waals surface area contributed by atoms with Crippen LogP contribution in [0.5, 0.6) is 0 Å². The summed E-state index contributed by atoms with van der Waals surface area (Å²) in [5.41, 5.74) is 0. The molecule has 0 unspecified atom stereocenters. The number of thiazole rings is 1. The van der Waals surface area contributed by atoms with E-state index in [0.29, 0.717) is 19.1 Å². The molecule has 1 amide bonds. The third-order valence-electron chi connectivity index (χ3n) is 4.25. The van der Waals surface area contributed by atoms with E-state index in [-0.39, 0.29) is 12.0 Å². The fourth-order valence-electron chi connectivity index (χ4n) is 3.08. The quantitative estimate of drug-likeness (QED) is 0.903. The standard InChI is InChI=1S/C15H23N3O2S/c19-14(17-12-3-1-2-4-12)5-7-18-8-9-20-13(11-18)15-16-6-10-21-15/h6,10,12-13H,1-5,7-9,11H2,(H,17,19)/t13-/m1/s1. The third-order valence-corrected chi connectivity index (χ3v) is 5.12. The predicted molar refractivity (Wildman–Crippen MR) is 82.3 cm³/mol. The first-order valence-electron chi connectivity index (χ1n) is 7.84. The monoisotopic (exact) mass is 309 g/mol. The Bertz CT molecular complexity index is 446. The third kappa shape index (κ3) is 4.25. The first-order valence-corrected chi connectivity index (χ1v) is 8.72. The van der Waals surface area contributed by atoms with Gasteiger partial charge in [0.1, 0.15) is 11.1 Å². The number of nitrogens with zero attached hydrogens (tertiary/aromatic N) is 2. The SMILES string of the molecule is O=C(CCN1CCO[C@@H](c2nccs2)C1)NC1CCCC1. The molecule has 1 atom stereocenters. The van der Waals surface area contributed by atoms with Gasteiger partial charge in [-0.15, -0.1) is 11.3 Å². The van der Waals surface area contributed by atoms with E-state index in [4.69, 9.17) is 4.74 Å². The van der Waals surface area contributed by atoms with Gasteiger partial charge in [-0.2, -0.15) is 0 Å². The fraction of sp³-hybridized carbons (Fsp3) is 0.733. The van der Waals surface area contributed by atoms with Crippen LogP contribution in [0.15, 0.2) is 11.6 Å². The molecule has 1 saturated carbocycles. The number of ether oxygens (including phenoxy) is 1. The zero-order chi connectivity index (χ0) is 14.5. The van der Waals surface area contributed by atoms with Crippen LogP contribution in [0.2, 0.25) is 0 Å². The molecule has 1 saturated heterocycles. The number of amides is 1. The first-order chi connectivity index (χ1) is 10.3. The van der Waals surface area contributed by atoms with Crippen LogP contribution >= 0.6 is 11.3 Å². The molecule has 0 radical (unpaired) electrons. The van der Waals surface area contributed by atoms with E-state index in [1.165, 1.54) is 12.8 Å². The van der Waals surface area contributed by atoms with Crippen molar-refractivity contribution in [2.45, 2.75) is 44.2 Å². The van der Waals surface area contributed by atoms with E-state index in [0.717, 1.165) is 37.5 Å². The summed E-state index contributed by atoms with van der Waals surface area (Å²) < 4.78 is 5.77. The number of hydrogen-bond acceptors (Lipinski definition) is 5. The average Bonchev–Trinajstić information content (AvgIpc) is 3.19. The Balaban J connectivity index is 1.41. The maximum absolute atomic E-state index is 12.0. The van der Waals surface area contributed by atoms with Crippen molar-refractivity contribution >= 4 is 17.2 Å². The molecule has 6 heteroatoms. The van der Waals surface area contributed by atoms with Gasteiger partial charge in [0.25, 0.3) is 0 Å². The molecule has 1 aromatic rings. The highest BCUT2D eigenvalue weighted by Crippen LogP contribution is 2.24. The highest BCUT2D eigenvalue weighted by molar-refractivity contribution is 7.09. The number of nitrogens with one attached hydrogen (secondary N) is 1. The van der Waals surface area contributed by atoms with Crippen LogP contribution in [-0.2, 0) is 9.53 Å². The van der Waals surface area contributed by atoms with Crippen molar-refractivity contribution in [3.8, 4) is 0 Å². The number of carbonyl (C=O) groups is 1. The van der Waals surface area contributed by atoms with E-state index in [9.17, 15) is 4.79 Å². The number of hydrogen-bond donors (Lipinski definition) is 1. The molecule has 2 aliphatic rings. The summed E-state index contributed by atoms with van der Waals surface area (Å²) in [6.07, 6.45) is 7.27. The van der Waals surface area contributed by atoms with E-state index >= 15 is 0 Å². The Hall–Kier alpha value is -0.980. The van der Waals surface area contributed by atoms with Gasteiger partial charge < -0.3 is 10.1 Å². The Morgan fingerprint density at radius 2 is 2.33 bits per heavy atom. The fourth-order valence-corrected chi connectivity index (χ4v) is 3.76. The normalized spacial score (nSPS) is 24.3. The molecule has 0 bridgehead atoms. The Kier molecular flexibility index (Phi) is 5.22. The number of morpholine rings is 1. The second-order valence-corrected chi connectivity index (χ2v) is 6.76. The molecule has 1 aliphatic carbocycles. The second-order valence-electron chi connectivity index (χ2n) is 5.83. The topological polar surface area (TPSA) is 54.5 Å². The van der Waals surface area contributed by atoms with Crippen LogP contribution in [0.4, 0.5) is 0 Å². The van der Waals surface area contributed by atoms with Crippen LogP contribution in [-0.4, -0.2) is 48.1 Å². The van der Waals surface area contributed by atoms with Gasteiger partial charge in [0.2, 0.25) is 5.91 Å². The van der Waals surface area contributed by atoms with Crippen LogP contribution in [0, 0.1) is 0 Å². The minimum atomic E-state index is 0.0663. The molecule has 0 spiro atoms. The predicted octanol–water partition coefficient (Wildman–Crippen LogP) is 1.97. The summed E-state index contributed by atoms with van der Waals surface area (Å²) in [7, 11) is 0. The summed E-state index contributed by atoms with van der Waals surface area (Å²) in [6.45, 7) is 3.26. The van der Waals surface area contributed by atoms with Crippen molar-refractivity contribution in [1.82, 2.24) is 15.2 Å². The second kappa shape index (κ2) is 7.33. The van der Waals surface area contributed by atoms with Crippen LogP contribution in [0.25, 0.3) is 0 Å². The lowest BCUT2D eigenvalue weighted by Crippen LogP contribution is -2.41. The van der Waals surface area contributed by atoms with E-state index < -0.39 is 0 Å². The minimum Gasteiger partial charge on any atom is -0.368 e. The Labute approximate surface area is 129 Å². The Morgan fingerprint density at radius 1 is 1.48 bits per heavy atom. The summed E-state index contributed by atoms with van der Waals surface area (Å²) in [5.74, 6) is 0.194. The van der Waals surface area contributed by atoms with Crippen molar-refractivity contribution in [3.63, 3.8) is 0 Å². The van der Waals surface area contributed by atoms with Crippen LogP contribution in [0.3, 0.4) is 0 Å². The summed E-state index contributed by atoms with van der Waals surface area (Å²) in [6, 6.07) is 0.422. The van der Waals surface area contributed by atoms with Gasteiger partial charge in [0, 0.05) is 43.7 Å². The maximum atomic E-state index is 12.0. The van der Waals surface area contributed by atoms with Gasteiger partial charge in [-0.3, -0.25) is 9.69 Å². The zero-order valence-corrected chi connectivity index (χ0v) is 13.1. The lowest BCUT2D eigenvalue weighted by Gasteiger charge is -2.31. The van der Waals surface area contributed by atoms with Gasteiger partial charge in [-0.25, -0.2) is 4.98 Å². The van der Waals surface area contributed by atoms with E-state index in [2.05, 4.69) is 15.2 Å². The maximum Gasteiger partial charge on any atom is 0.221 e. The van der Waals surface area contributed by atoms with Crippen molar-refractivity contribution in [3.05, 3.63) is 16.6 Å². The first kappa shape index (κ1) is 14.9. The molecular weight excluding hydrogens is 286 g/mol. The molecule has 5 nitrogen and oxygen atoms in total. The lowest BCUT2D eigenvalue weighted by atomic mass is 10.2. The van der Waals surface area contributed by atoms with Gasteiger partial charge >= 0.3 is 0 Å². The lowest BCUT2D eigenvalue weighted by molar-refractivity contribution is -0.122. The smallest absolute Gasteiger partial charge is 0.221 e. The number of carbonyl (C=O) groups excluding carboxylic acids is 1. The molecule has 1 aromatic heterocycles. The van der Waals surface area contributed by atoms with E-state index in [1.807, 2.05) is 11.6 Å². The molecule has 21 heavy (non-hydrogen) atoms. The molecule has 1 N–H and O–H groups in total. The van der Waals surface area contributed by atoms with E-state index in [1.54, 1.807) is 11.3 Å². The van der Waals surface area contributed by atoms with Gasteiger partial charge in [0.15, 0.2) is 0 Å². The molecule has 2 fully saturated rings. The van der Waals surface area contributed by atoms with Gasteiger partial charge in [0.05, 0.1) is 6.61 Å². The van der Waals surface area contributed by atoms with Gasteiger partial charge in [-0.05, 0) is 12.8 Å². The minimum absolute atomic E-state index is 0.0663. The van der Waals surface area contributed by atoms with Gasteiger partial charge in [-0.1, -0.05) is 12.8 Å². The summed E-state index contributed by atoms with van der Waals surface area (Å²) in [5, 5.41) is 6.17. The molecule has 0 aromatic carbocycles. The highest BCUT2D eigenvalue weighted by Gasteiger charge is 2.24. The molecule has 3 rings (SSSR count). The summed E-state index contributed by atoms with van der Waals surface area (Å²) >= 11 is 1.64. The van der Waals surface area contributed by atoms with Crippen LogP contribution < -0.4 is 5.32 Å². The average molecular weight is 309 g/mol. The molecule has 2 heterocycles. The van der Waals surface area contributed by atoms with Crippen LogP contribution in [0.1, 0.15) is 43.2 Å². The Morgan fingerprint density at radius 3 is 3.10 bits per heavy atom. The molecule has 1 aliphatic heterocycles. The summed E-state index contributed by atoms with van der Waals surface area (Å²) in [4.78, 5) is 18.6. The van der Waals surface area contributed by atoms with Crippen molar-refractivity contribution in [2.24, 2.45) is 0 Å².